The smallest absolute Gasteiger partial charge is 0.344 e. The molecule has 0 aromatic heterocycles. The van der Waals surface area contributed by atoms with Crippen LogP contribution >= 0.6 is 0 Å². The summed E-state index contributed by atoms with van der Waals surface area (Å²) in [5, 5.41) is 11.5. The highest BCUT2D eigenvalue weighted by Gasteiger charge is 2.46. The number of ether oxygens (including phenoxy) is 1. The zero-order valence-corrected chi connectivity index (χ0v) is 22.6. The fraction of sp³-hybridized carbons (Fsp3) is 0.448. The molecule has 1 saturated carbocycles. The van der Waals surface area contributed by atoms with Gasteiger partial charge in [-0.3, -0.25) is 19.7 Å². The third-order valence-corrected chi connectivity index (χ3v) is 7.25. The summed E-state index contributed by atoms with van der Waals surface area (Å²) in [4.78, 5) is 57.5. The molecule has 4 rings (SSSR count). The number of carbonyl (C=O) groups is 3. The summed E-state index contributed by atoms with van der Waals surface area (Å²) in [6.45, 7) is 5.67. The molecule has 1 heterocycles. The van der Waals surface area contributed by atoms with E-state index >= 15 is 0 Å². The molecular formula is C29H34N4O6. The van der Waals surface area contributed by atoms with Crippen LogP contribution in [0.3, 0.4) is 0 Å². The Bertz CT molecular complexity index is 1280. The second-order valence-corrected chi connectivity index (χ2v) is 10.5. The van der Waals surface area contributed by atoms with Crippen LogP contribution in [0.15, 0.2) is 59.6 Å². The molecule has 1 aliphatic carbocycles. The normalized spacial score (nSPS) is 22.3. The Kier molecular flexibility index (Phi) is 8.42. The number of nitro benzene ring substituents is 1. The largest absolute Gasteiger partial charge is 0.462 e. The Hall–Kier alpha value is -4.08. The predicted octanol–water partition coefficient (Wildman–Crippen LogP) is 4.75. The summed E-state index contributed by atoms with van der Waals surface area (Å²) in [7, 11) is 1.75. The van der Waals surface area contributed by atoms with E-state index in [1.54, 1.807) is 38.8 Å². The molecule has 3 amide bonds. The van der Waals surface area contributed by atoms with Crippen LogP contribution in [0.2, 0.25) is 0 Å². The second-order valence-electron chi connectivity index (χ2n) is 10.5. The third kappa shape index (κ3) is 6.32. The van der Waals surface area contributed by atoms with Gasteiger partial charge in [-0.2, -0.15) is 0 Å². The summed E-state index contributed by atoms with van der Waals surface area (Å²) < 4.78 is 5.48. The fourth-order valence-electron chi connectivity index (χ4n) is 5.25. The highest BCUT2D eigenvalue weighted by Crippen LogP contribution is 2.48. The van der Waals surface area contributed by atoms with Gasteiger partial charge in [0.2, 0.25) is 5.91 Å². The van der Waals surface area contributed by atoms with E-state index in [0.29, 0.717) is 24.2 Å². The van der Waals surface area contributed by atoms with Crippen LogP contribution in [-0.2, 0) is 14.3 Å². The predicted molar refractivity (Wildman–Crippen MR) is 145 cm³/mol. The molecule has 10 heteroatoms. The van der Waals surface area contributed by atoms with E-state index in [-0.39, 0.29) is 36.1 Å². The number of esters is 1. The monoisotopic (exact) mass is 534 g/mol. The zero-order valence-electron chi connectivity index (χ0n) is 22.6. The first-order chi connectivity index (χ1) is 18.6. The topological polar surface area (TPSA) is 122 Å². The molecule has 0 saturated heterocycles. The maximum Gasteiger partial charge on any atom is 0.344 e. The number of rotatable bonds is 10. The number of aliphatic imine (C=N–C) groups is 1. The first-order valence-corrected chi connectivity index (χ1v) is 13.2. The summed E-state index contributed by atoms with van der Waals surface area (Å²) in [5.41, 5.74) is 1.77. The van der Waals surface area contributed by atoms with Crippen LogP contribution in [0.5, 0.6) is 0 Å². The van der Waals surface area contributed by atoms with Crippen molar-refractivity contribution in [2.75, 3.05) is 20.1 Å². The van der Waals surface area contributed by atoms with Crippen LogP contribution in [0.4, 0.5) is 10.5 Å². The molecule has 4 unspecified atom stereocenters. The van der Waals surface area contributed by atoms with E-state index in [2.05, 4.69) is 4.99 Å². The van der Waals surface area contributed by atoms with E-state index in [0.717, 1.165) is 12.0 Å². The summed E-state index contributed by atoms with van der Waals surface area (Å²) >= 11 is 0. The fourth-order valence-corrected chi connectivity index (χ4v) is 5.25. The van der Waals surface area contributed by atoms with Crippen molar-refractivity contribution in [1.29, 1.82) is 0 Å². The minimum absolute atomic E-state index is 0.0472. The molecular weight excluding hydrogens is 500 g/mol. The van der Waals surface area contributed by atoms with Gasteiger partial charge in [0.25, 0.3) is 5.69 Å². The van der Waals surface area contributed by atoms with Gasteiger partial charge < -0.3 is 14.5 Å². The number of urea groups is 1. The van der Waals surface area contributed by atoms with Gasteiger partial charge in [-0.1, -0.05) is 42.5 Å². The van der Waals surface area contributed by atoms with E-state index in [4.69, 9.17) is 4.74 Å². The van der Waals surface area contributed by atoms with Crippen molar-refractivity contribution in [3.05, 3.63) is 75.8 Å². The Morgan fingerprint density at radius 2 is 1.85 bits per heavy atom. The zero-order chi connectivity index (χ0) is 28.3. The van der Waals surface area contributed by atoms with Gasteiger partial charge in [-0.25, -0.2) is 9.79 Å². The number of hydrogen-bond acceptors (Lipinski definition) is 6. The van der Waals surface area contributed by atoms with Crippen molar-refractivity contribution in [3.8, 4) is 0 Å². The molecule has 0 N–H and O–H groups in total. The van der Waals surface area contributed by atoms with Gasteiger partial charge in [-0.05, 0) is 50.7 Å². The van der Waals surface area contributed by atoms with Gasteiger partial charge >= 0.3 is 12.0 Å². The number of hydrogen-bond donors (Lipinski definition) is 0. The Balaban J connectivity index is 1.50. The van der Waals surface area contributed by atoms with Crippen molar-refractivity contribution in [2.45, 2.75) is 51.7 Å². The first kappa shape index (κ1) is 27.9. The highest BCUT2D eigenvalue weighted by molar-refractivity contribution is 6.08. The lowest BCUT2D eigenvalue weighted by molar-refractivity contribution is -0.385. The number of benzene rings is 2. The third-order valence-electron chi connectivity index (χ3n) is 7.25. The molecule has 2 aliphatic rings. The van der Waals surface area contributed by atoms with Crippen LogP contribution in [-0.4, -0.2) is 64.6 Å². The SMILES string of the molecule is CC1=NC(=O)N(CCCN(C)C(=O)C2CC2c2ccccc2)C(c2cccc([N+](=O)[O-])c2)C1C(=O)OC(C)C. The van der Waals surface area contributed by atoms with Crippen molar-refractivity contribution in [2.24, 2.45) is 16.8 Å². The number of carbonyl (C=O) groups excluding carboxylic acids is 3. The van der Waals surface area contributed by atoms with Gasteiger partial charge in [0, 0.05) is 43.9 Å². The minimum atomic E-state index is -0.912. The lowest BCUT2D eigenvalue weighted by Gasteiger charge is -2.39. The maximum absolute atomic E-state index is 13.1. The van der Waals surface area contributed by atoms with Crippen molar-refractivity contribution >= 4 is 29.3 Å². The molecule has 2 aromatic rings. The van der Waals surface area contributed by atoms with Crippen LogP contribution < -0.4 is 0 Å². The molecule has 206 valence electrons. The Labute approximate surface area is 227 Å². The molecule has 1 fully saturated rings. The van der Waals surface area contributed by atoms with Crippen molar-refractivity contribution in [3.63, 3.8) is 0 Å². The van der Waals surface area contributed by atoms with E-state index in [1.165, 1.54) is 23.1 Å². The Morgan fingerprint density at radius 3 is 2.51 bits per heavy atom. The molecule has 10 nitrogen and oxygen atoms in total. The number of amides is 3. The quantitative estimate of drug-likeness (QED) is 0.246. The molecule has 0 radical (unpaired) electrons. The van der Waals surface area contributed by atoms with Crippen molar-refractivity contribution in [1.82, 2.24) is 9.80 Å². The molecule has 39 heavy (non-hydrogen) atoms. The molecule has 0 bridgehead atoms. The van der Waals surface area contributed by atoms with Gasteiger partial charge in [-0.15, -0.1) is 0 Å². The lowest BCUT2D eigenvalue weighted by atomic mass is 9.86. The van der Waals surface area contributed by atoms with E-state index in [9.17, 15) is 24.5 Å². The molecule has 2 aromatic carbocycles. The second kappa shape index (κ2) is 11.8. The minimum Gasteiger partial charge on any atom is -0.462 e. The highest BCUT2D eigenvalue weighted by atomic mass is 16.6. The molecule has 1 aliphatic heterocycles. The lowest BCUT2D eigenvalue weighted by Crippen LogP contribution is -2.48. The standard InChI is InChI=1S/C29H34N4O6/c1-18(2)39-28(35)25-19(3)30-29(36)32(26(25)21-12-8-13-22(16-21)33(37)38)15-9-14-31(4)27(34)24-17-23(24)20-10-6-5-7-11-20/h5-8,10-13,16,18,23-26H,9,14-15,17H2,1-4H3. The number of nitrogens with zero attached hydrogens (tertiary/aromatic N) is 4. The van der Waals surface area contributed by atoms with E-state index < -0.39 is 28.9 Å². The number of nitro groups is 1. The van der Waals surface area contributed by atoms with Crippen LogP contribution in [0.1, 0.15) is 56.7 Å². The first-order valence-electron chi connectivity index (χ1n) is 13.2. The maximum atomic E-state index is 13.1. The van der Waals surface area contributed by atoms with Crippen molar-refractivity contribution < 1.29 is 24.0 Å². The molecule has 4 atom stereocenters. The summed E-state index contributed by atoms with van der Waals surface area (Å²) in [5.74, 6) is -1.21. The van der Waals surface area contributed by atoms with Gasteiger partial charge in [0.1, 0.15) is 5.92 Å². The van der Waals surface area contributed by atoms with E-state index in [1.807, 2.05) is 30.3 Å². The van der Waals surface area contributed by atoms with Crippen LogP contribution in [0, 0.1) is 22.0 Å². The van der Waals surface area contributed by atoms with Gasteiger partial charge in [0.15, 0.2) is 0 Å². The average molecular weight is 535 g/mol. The van der Waals surface area contributed by atoms with Gasteiger partial charge in [0.05, 0.1) is 17.1 Å². The summed E-state index contributed by atoms with van der Waals surface area (Å²) in [6.07, 6.45) is 0.882. The van der Waals surface area contributed by atoms with Crippen LogP contribution in [0.25, 0.3) is 0 Å². The Morgan fingerprint density at radius 1 is 1.15 bits per heavy atom. The number of non-ortho nitro benzene ring substituents is 1. The molecule has 0 spiro atoms. The summed E-state index contributed by atoms with van der Waals surface area (Å²) in [6, 6.07) is 14.6. The average Bonchev–Trinajstić information content (AvgIpc) is 3.70.